The van der Waals surface area contributed by atoms with Gasteiger partial charge in [-0.25, -0.2) is 4.98 Å². The van der Waals surface area contributed by atoms with Gasteiger partial charge >= 0.3 is 0 Å². The topological polar surface area (TPSA) is 24.9 Å². The Morgan fingerprint density at radius 2 is 2.00 bits per heavy atom. The van der Waals surface area contributed by atoms with Gasteiger partial charge in [0.2, 0.25) is 0 Å². The van der Waals surface area contributed by atoms with Crippen molar-refractivity contribution in [3.63, 3.8) is 0 Å². The predicted octanol–water partition coefficient (Wildman–Crippen LogP) is 4.11. The van der Waals surface area contributed by atoms with Crippen LogP contribution in [0.3, 0.4) is 0 Å². The van der Waals surface area contributed by atoms with Gasteiger partial charge in [0.05, 0.1) is 10.7 Å². The van der Waals surface area contributed by atoms with Gasteiger partial charge in [0.1, 0.15) is 0 Å². The molecule has 1 saturated carbocycles. The molecule has 1 aromatic rings. The summed E-state index contributed by atoms with van der Waals surface area (Å²) in [4.78, 5) is 6.34. The van der Waals surface area contributed by atoms with Crippen molar-refractivity contribution < 1.29 is 0 Å². The standard InChI is InChI=1S/C15H26N2S/c1-5-12-13(10-16-4)18-14(17-12)11-6-8-15(2,3)9-7-11/h11,16H,5-10H2,1-4H3. The third-order valence-corrected chi connectivity index (χ3v) is 5.42. The molecule has 102 valence electrons. The van der Waals surface area contributed by atoms with Crippen LogP contribution < -0.4 is 5.32 Å². The Morgan fingerprint density at radius 1 is 1.33 bits per heavy atom. The Balaban J connectivity index is 2.09. The highest BCUT2D eigenvalue weighted by molar-refractivity contribution is 7.11. The highest BCUT2D eigenvalue weighted by Gasteiger charge is 2.29. The van der Waals surface area contributed by atoms with E-state index in [4.69, 9.17) is 4.98 Å². The number of nitrogens with zero attached hydrogens (tertiary/aromatic N) is 1. The summed E-state index contributed by atoms with van der Waals surface area (Å²) in [5, 5.41) is 4.65. The van der Waals surface area contributed by atoms with Crippen LogP contribution in [0.2, 0.25) is 0 Å². The molecule has 2 nitrogen and oxygen atoms in total. The molecule has 0 saturated heterocycles. The molecule has 1 aromatic heterocycles. The van der Waals surface area contributed by atoms with E-state index in [0.29, 0.717) is 5.41 Å². The molecule has 0 atom stereocenters. The maximum atomic E-state index is 4.90. The Labute approximate surface area is 115 Å². The Morgan fingerprint density at radius 3 is 2.56 bits per heavy atom. The molecule has 1 aliphatic carbocycles. The molecule has 0 aliphatic heterocycles. The SMILES string of the molecule is CCc1nc(C2CCC(C)(C)CC2)sc1CNC. The summed E-state index contributed by atoms with van der Waals surface area (Å²) >= 11 is 1.94. The minimum Gasteiger partial charge on any atom is -0.315 e. The molecule has 0 unspecified atom stereocenters. The van der Waals surface area contributed by atoms with Gasteiger partial charge in [0.15, 0.2) is 0 Å². The summed E-state index contributed by atoms with van der Waals surface area (Å²) in [6.45, 7) is 7.98. The van der Waals surface area contributed by atoms with Crippen LogP contribution in [0.25, 0.3) is 0 Å². The second kappa shape index (κ2) is 5.70. The zero-order chi connectivity index (χ0) is 13.2. The van der Waals surface area contributed by atoms with Crippen molar-refractivity contribution in [1.82, 2.24) is 10.3 Å². The van der Waals surface area contributed by atoms with Crippen LogP contribution in [0, 0.1) is 5.41 Å². The quantitative estimate of drug-likeness (QED) is 0.887. The van der Waals surface area contributed by atoms with E-state index in [0.717, 1.165) is 18.9 Å². The number of hydrogen-bond acceptors (Lipinski definition) is 3. The van der Waals surface area contributed by atoms with Gasteiger partial charge in [-0.1, -0.05) is 20.8 Å². The van der Waals surface area contributed by atoms with Crippen molar-refractivity contribution in [3.8, 4) is 0 Å². The van der Waals surface area contributed by atoms with Crippen LogP contribution in [0.15, 0.2) is 0 Å². The van der Waals surface area contributed by atoms with Crippen LogP contribution in [-0.4, -0.2) is 12.0 Å². The van der Waals surface area contributed by atoms with Gasteiger partial charge < -0.3 is 5.32 Å². The van der Waals surface area contributed by atoms with Crippen LogP contribution in [0.1, 0.15) is 68.0 Å². The van der Waals surface area contributed by atoms with Crippen molar-refractivity contribution in [2.75, 3.05) is 7.05 Å². The summed E-state index contributed by atoms with van der Waals surface area (Å²) in [6.07, 6.45) is 6.40. The van der Waals surface area contributed by atoms with Crippen LogP contribution in [-0.2, 0) is 13.0 Å². The smallest absolute Gasteiger partial charge is 0.0962 e. The fraction of sp³-hybridized carbons (Fsp3) is 0.800. The fourth-order valence-corrected chi connectivity index (χ4v) is 4.13. The molecule has 1 aliphatic rings. The number of aromatic nitrogens is 1. The maximum absolute atomic E-state index is 4.90. The third-order valence-electron chi connectivity index (χ3n) is 4.16. The largest absolute Gasteiger partial charge is 0.315 e. The summed E-state index contributed by atoms with van der Waals surface area (Å²) in [5.74, 6) is 0.721. The van der Waals surface area contributed by atoms with Crippen molar-refractivity contribution in [2.45, 2.75) is 65.3 Å². The maximum Gasteiger partial charge on any atom is 0.0962 e. The first-order chi connectivity index (χ1) is 8.55. The average Bonchev–Trinajstić information content (AvgIpc) is 2.73. The van der Waals surface area contributed by atoms with Crippen molar-refractivity contribution >= 4 is 11.3 Å². The van der Waals surface area contributed by atoms with E-state index in [1.807, 2.05) is 18.4 Å². The van der Waals surface area contributed by atoms with Crippen LogP contribution in [0.5, 0.6) is 0 Å². The van der Waals surface area contributed by atoms with Crippen molar-refractivity contribution in [2.24, 2.45) is 5.41 Å². The third kappa shape index (κ3) is 3.12. The molecular formula is C15H26N2S. The lowest BCUT2D eigenvalue weighted by Crippen LogP contribution is -2.20. The lowest BCUT2D eigenvalue weighted by molar-refractivity contribution is 0.224. The lowest BCUT2D eigenvalue weighted by atomic mass is 9.73. The molecule has 18 heavy (non-hydrogen) atoms. The molecule has 1 heterocycles. The second-order valence-electron chi connectivity index (χ2n) is 6.24. The predicted molar refractivity (Wildman–Crippen MR) is 79.2 cm³/mol. The van der Waals surface area contributed by atoms with E-state index in [9.17, 15) is 0 Å². The minimum atomic E-state index is 0.551. The zero-order valence-electron chi connectivity index (χ0n) is 12.2. The Hall–Kier alpha value is -0.410. The number of rotatable bonds is 4. The van der Waals surface area contributed by atoms with Gasteiger partial charge in [-0.2, -0.15) is 0 Å². The lowest BCUT2D eigenvalue weighted by Gasteiger charge is -2.33. The van der Waals surface area contributed by atoms with E-state index in [-0.39, 0.29) is 0 Å². The molecule has 0 amide bonds. The number of nitrogens with one attached hydrogen (secondary N) is 1. The minimum absolute atomic E-state index is 0.551. The van der Waals surface area contributed by atoms with Crippen LogP contribution in [0.4, 0.5) is 0 Å². The summed E-state index contributed by atoms with van der Waals surface area (Å²) in [7, 11) is 2.02. The highest BCUT2D eigenvalue weighted by Crippen LogP contribution is 2.43. The summed E-state index contributed by atoms with van der Waals surface area (Å²) in [5.41, 5.74) is 1.86. The zero-order valence-corrected chi connectivity index (χ0v) is 13.0. The van der Waals surface area contributed by atoms with Crippen LogP contribution >= 0.6 is 11.3 Å². The molecular weight excluding hydrogens is 240 g/mol. The molecule has 1 N–H and O–H groups in total. The van der Waals surface area contributed by atoms with Gasteiger partial charge in [0, 0.05) is 17.3 Å². The molecule has 1 fully saturated rings. The summed E-state index contributed by atoms with van der Waals surface area (Å²) in [6, 6.07) is 0. The van der Waals surface area contributed by atoms with Gasteiger partial charge in [-0.15, -0.1) is 11.3 Å². The number of hydrogen-bond donors (Lipinski definition) is 1. The Kier molecular flexibility index (Phi) is 4.44. The molecule has 0 aromatic carbocycles. The molecule has 0 bridgehead atoms. The monoisotopic (exact) mass is 266 g/mol. The first-order valence-electron chi connectivity index (χ1n) is 7.19. The van der Waals surface area contributed by atoms with E-state index < -0.39 is 0 Å². The second-order valence-corrected chi connectivity index (χ2v) is 7.36. The van der Waals surface area contributed by atoms with Gasteiger partial charge in [-0.3, -0.25) is 0 Å². The van der Waals surface area contributed by atoms with E-state index in [2.05, 4.69) is 26.1 Å². The van der Waals surface area contributed by atoms with Gasteiger partial charge in [-0.05, 0) is 44.6 Å². The van der Waals surface area contributed by atoms with Crippen molar-refractivity contribution in [3.05, 3.63) is 15.6 Å². The number of aryl methyl sites for hydroxylation is 1. The van der Waals surface area contributed by atoms with E-state index in [1.54, 1.807) is 0 Å². The normalized spacial score (nSPS) is 20.2. The number of thiazole rings is 1. The Bertz CT molecular complexity index is 385. The van der Waals surface area contributed by atoms with E-state index in [1.165, 1.54) is 41.3 Å². The molecule has 0 radical (unpaired) electrons. The highest BCUT2D eigenvalue weighted by atomic mass is 32.1. The molecule has 2 rings (SSSR count). The summed E-state index contributed by atoms with van der Waals surface area (Å²) < 4.78 is 0. The van der Waals surface area contributed by atoms with Crippen molar-refractivity contribution in [1.29, 1.82) is 0 Å². The fourth-order valence-electron chi connectivity index (χ4n) is 2.80. The van der Waals surface area contributed by atoms with Gasteiger partial charge in [0.25, 0.3) is 0 Å². The molecule has 3 heteroatoms. The molecule has 0 spiro atoms. The first kappa shape index (κ1) is 14.0. The van der Waals surface area contributed by atoms with E-state index >= 15 is 0 Å². The average molecular weight is 266 g/mol. The first-order valence-corrected chi connectivity index (χ1v) is 8.00.